The SMILES string of the molecule is Cc1cc(C)cc(C(=O)Nc2cc(S(=O)(=O)N3CCOCC3)ccc2N2CCOCC2)c1. The first kappa shape index (κ1) is 22.7. The van der Waals surface area contributed by atoms with Gasteiger partial charge in [-0.1, -0.05) is 17.2 Å². The lowest BCUT2D eigenvalue weighted by Crippen LogP contribution is -2.40. The van der Waals surface area contributed by atoms with Crippen molar-refractivity contribution in [3.63, 3.8) is 0 Å². The topological polar surface area (TPSA) is 88.2 Å². The van der Waals surface area contributed by atoms with Crippen molar-refractivity contribution in [3.05, 3.63) is 53.1 Å². The number of carbonyl (C=O) groups is 1. The molecule has 0 unspecified atom stereocenters. The Balaban J connectivity index is 1.69. The monoisotopic (exact) mass is 459 g/mol. The second kappa shape index (κ2) is 9.58. The van der Waals surface area contributed by atoms with Gasteiger partial charge in [0.1, 0.15) is 0 Å². The Kier molecular flexibility index (Phi) is 6.80. The van der Waals surface area contributed by atoms with Crippen molar-refractivity contribution < 1.29 is 22.7 Å². The summed E-state index contributed by atoms with van der Waals surface area (Å²) >= 11 is 0. The summed E-state index contributed by atoms with van der Waals surface area (Å²) in [5.41, 5.74) is 3.79. The van der Waals surface area contributed by atoms with Gasteiger partial charge in [0, 0.05) is 31.7 Å². The van der Waals surface area contributed by atoms with E-state index in [0.29, 0.717) is 63.9 Å². The first-order valence-corrected chi connectivity index (χ1v) is 12.2. The molecule has 0 spiro atoms. The predicted molar refractivity (Wildman–Crippen MR) is 123 cm³/mol. The van der Waals surface area contributed by atoms with E-state index in [2.05, 4.69) is 10.2 Å². The quantitative estimate of drug-likeness (QED) is 0.739. The van der Waals surface area contributed by atoms with Gasteiger partial charge >= 0.3 is 0 Å². The molecule has 4 rings (SSSR count). The van der Waals surface area contributed by atoms with E-state index in [4.69, 9.17) is 9.47 Å². The second-order valence-electron chi connectivity index (χ2n) is 8.13. The van der Waals surface area contributed by atoms with Crippen molar-refractivity contribution >= 4 is 27.3 Å². The number of sulfonamides is 1. The fourth-order valence-corrected chi connectivity index (χ4v) is 5.53. The van der Waals surface area contributed by atoms with Crippen LogP contribution in [0.5, 0.6) is 0 Å². The molecule has 2 saturated heterocycles. The molecule has 1 amide bonds. The molecule has 0 radical (unpaired) electrons. The third-order valence-electron chi connectivity index (χ3n) is 5.66. The molecular weight excluding hydrogens is 430 g/mol. The Morgan fingerprint density at radius 2 is 1.47 bits per heavy atom. The summed E-state index contributed by atoms with van der Waals surface area (Å²) in [5.74, 6) is -0.271. The molecule has 1 N–H and O–H groups in total. The smallest absolute Gasteiger partial charge is 0.255 e. The Morgan fingerprint density at radius 3 is 2.09 bits per heavy atom. The number of anilines is 2. The van der Waals surface area contributed by atoms with Crippen LogP contribution in [0, 0.1) is 13.8 Å². The Morgan fingerprint density at radius 1 is 0.875 bits per heavy atom. The molecule has 0 bridgehead atoms. The third-order valence-corrected chi connectivity index (χ3v) is 7.55. The van der Waals surface area contributed by atoms with Crippen LogP contribution in [-0.4, -0.2) is 71.2 Å². The molecule has 9 heteroatoms. The van der Waals surface area contributed by atoms with Gasteiger partial charge in [0.05, 0.1) is 42.7 Å². The van der Waals surface area contributed by atoms with Crippen LogP contribution in [0.25, 0.3) is 0 Å². The highest BCUT2D eigenvalue weighted by molar-refractivity contribution is 7.89. The minimum Gasteiger partial charge on any atom is -0.379 e. The van der Waals surface area contributed by atoms with E-state index in [1.807, 2.05) is 32.0 Å². The van der Waals surface area contributed by atoms with Crippen LogP contribution in [0.4, 0.5) is 11.4 Å². The predicted octanol–water partition coefficient (Wildman–Crippen LogP) is 2.41. The number of morpholine rings is 2. The van der Waals surface area contributed by atoms with Crippen LogP contribution in [-0.2, 0) is 19.5 Å². The highest BCUT2D eigenvalue weighted by atomic mass is 32.2. The Bertz CT molecular complexity index is 1070. The minimum absolute atomic E-state index is 0.159. The van der Waals surface area contributed by atoms with Gasteiger partial charge in [0.25, 0.3) is 5.91 Å². The van der Waals surface area contributed by atoms with Gasteiger partial charge in [0.2, 0.25) is 10.0 Å². The van der Waals surface area contributed by atoms with E-state index in [0.717, 1.165) is 16.8 Å². The normalized spacial score (nSPS) is 17.9. The molecule has 2 aromatic carbocycles. The highest BCUT2D eigenvalue weighted by Crippen LogP contribution is 2.31. The number of ether oxygens (including phenoxy) is 2. The van der Waals surface area contributed by atoms with Crippen LogP contribution in [0.2, 0.25) is 0 Å². The number of nitrogens with one attached hydrogen (secondary N) is 1. The van der Waals surface area contributed by atoms with Crippen molar-refractivity contribution in [2.24, 2.45) is 0 Å². The lowest BCUT2D eigenvalue weighted by atomic mass is 10.1. The summed E-state index contributed by atoms with van der Waals surface area (Å²) in [7, 11) is -3.69. The fourth-order valence-electron chi connectivity index (χ4n) is 4.09. The number of amides is 1. The molecule has 2 aromatic rings. The van der Waals surface area contributed by atoms with Crippen molar-refractivity contribution in [2.75, 3.05) is 62.8 Å². The van der Waals surface area contributed by atoms with Crippen molar-refractivity contribution in [2.45, 2.75) is 18.7 Å². The van der Waals surface area contributed by atoms with Gasteiger partial charge in [-0.05, 0) is 44.2 Å². The molecule has 0 saturated carbocycles. The van der Waals surface area contributed by atoms with Crippen LogP contribution < -0.4 is 10.2 Å². The third kappa shape index (κ3) is 4.96. The van der Waals surface area contributed by atoms with E-state index in [9.17, 15) is 13.2 Å². The van der Waals surface area contributed by atoms with Crippen LogP contribution in [0.1, 0.15) is 21.5 Å². The zero-order valence-corrected chi connectivity index (χ0v) is 19.3. The van der Waals surface area contributed by atoms with E-state index in [1.54, 1.807) is 18.2 Å². The van der Waals surface area contributed by atoms with Crippen LogP contribution >= 0.6 is 0 Å². The van der Waals surface area contributed by atoms with Crippen molar-refractivity contribution in [1.82, 2.24) is 4.31 Å². The molecule has 32 heavy (non-hydrogen) atoms. The molecule has 0 aromatic heterocycles. The number of rotatable bonds is 5. The van der Waals surface area contributed by atoms with Crippen molar-refractivity contribution in [3.8, 4) is 0 Å². The Hall–Kier alpha value is -2.46. The summed E-state index contributed by atoms with van der Waals surface area (Å²) < 4.78 is 38.6. The number of nitrogens with zero attached hydrogens (tertiary/aromatic N) is 2. The highest BCUT2D eigenvalue weighted by Gasteiger charge is 2.28. The summed E-state index contributed by atoms with van der Waals surface area (Å²) in [6.45, 7) is 7.77. The zero-order chi connectivity index (χ0) is 22.7. The first-order valence-electron chi connectivity index (χ1n) is 10.8. The van der Waals surface area contributed by atoms with Gasteiger partial charge in [-0.2, -0.15) is 4.31 Å². The van der Waals surface area contributed by atoms with Gasteiger partial charge in [-0.3, -0.25) is 4.79 Å². The number of aryl methyl sites for hydroxylation is 2. The molecule has 8 nitrogen and oxygen atoms in total. The average molecular weight is 460 g/mol. The fraction of sp³-hybridized carbons (Fsp3) is 0.435. The number of carbonyl (C=O) groups excluding carboxylic acids is 1. The van der Waals surface area contributed by atoms with E-state index < -0.39 is 10.0 Å². The van der Waals surface area contributed by atoms with E-state index >= 15 is 0 Å². The van der Waals surface area contributed by atoms with E-state index in [1.165, 1.54) is 4.31 Å². The largest absolute Gasteiger partial charge is 0.379 e. The van der Waals surface area contributed by atoms with Gasteiger partial charge in [-0.25, -0.2) is 8.42 Å². The minimum atomic E-state index is -3.69. The number of benzene rings is 2. The van der Waals surface area contributed by atoms with Crippen LogP contribution in [0.15, 0.2) is 41.3 Å². The second-order valence-corrected chi connectivity index (χ2v) is 10.1. The molecule has 0 atom stereocenters. The molecule has 2 heterocycles. The molecule has 2 aliphatic heterocycles. The van der Waals surface area contributed by atoms with Crippen LogP contribution in [0.3, 0.4) is 0 Å². The van der Waals surface area contributed by atoms with Gasteiger partial charge in [0.15, 0.2) is 0 Å². The molecule has 0 aliphatic carbocycles. The standard InChI is InChI=1S/C23H29N3O5S/c1-17-13-18(2)15-19(14-17)23(27)24-21-16-20(32(28,29)26-7-11-31-12-8-26)3-4-22(21)25-5-9-30-10-6-25/h3-4,13-16H,5-12H2,1-2H3,(H,24,27). The Labute approximate surface area is 189 Å². The molecular formula is C23H29N3O5S. The summed E-state index contributed by atoms with van der Waals surface area (Å²) in [5, 5.41) is 2.96. The molecule has 2 aliphatic rings. The number of hydrogen-bond donors (Lipinski definition) is 1. The molecule has 2 fully saturated rings. The lowest BCUT2D eigenvalue weighted by molar-refractivity contribution is 0.0730. The lowest BCUT2D eigenvalue weighted by Gasteiger charge is -2.31. The van der Waals surface area contributed by atoms with Crippen molar-refractivity contribution in [1.29, 1.82) is 0 Å². The summed E-state index contributed by atoms with van der Waals surface area (Å²) in [4.78, 5) is 15.3. The van der Waals surface area contributed by atoms with Gasteiger partial charge < -0.3 is 19.7 Å². The summed E-state index contributed by atoms with van der Waals surface area (Å²) in [6.07, 6.45) is 0. The number of hydrogen-bond acceptors (Lipinski definition) is 6. The maximum atomic E-state index is 13.2. The first-order chi connectivity index (χ1) is 15.3. The summed E-state index contributed by atoms with van der Waals surface area (Å²) in [6, 6.07) is 10.6. The zero-order valence-electron chi connectivity index (χ0n) is 18.5. The molecule has 172 valence electrons. The van der Waals surface area contributed by atoms with Gasteiger partial charge in [-0.15, -0.1) is 0 Å². The van der Waals surface area contributed by atoms with E-state index in [-0.39, 0.29) is 10.8 Å². The maximum absolute atomic E-state index is 13.2. The average Bonchev–Trinajstić information content (AvgIpc) is 2.79. The maximum Gasteiger partial charge on any atom is 0.255 e.